The fourth-order valence-electron chi connectivity index (χ4n) is 5.27. The van der Waals surface area contributed by atoms with Gasteiger partial charge in [-0.1, -0.05) is 62.4 Å². The predicted octanol–water partition coefficient (Wildman–Crippen LogP) is 6.93. The minimum atomic E-state index is 0. The van der Waals surface area contributed by atoms with Crippen LogP contribution in [-0.2, 0) is 6.54 Å². The molecule has 4 rings (SSSR count). The third-order valence-corrected chi connectivity index (χ3v) is 7.47. The topological polar surface area (TPSA) is 68.4 Å². The normalized spacial score (nSPS) is 15.3. The highest BCUT2D eigenvalue weighted by atomic mass is 35.5. The van der Waals surface area contributed by atoms with E-state index in [0.717, 1.165) is 49.5 Å². The quantitative estimate of drug-likeness (QED) is 0.180. The van der Waals surface area contributed by atoms with Gasteiger partial charge in [-0.15, -0.1) is 49.6 Å². The summed E-state index contributed by atoms with van der Waals surface area (Å²) in [7, 11) is 0. The third-order valence-electron chi connectivity index (χ3n) is 7.47. The molecular weight excluding hydrogens is 588 g/mol. The minimum Gasteiger partial charge on any atom is -0.381 e. The molecule has 0 bridgehead atoms. The van der Waals surface area contributed by atoms with Gasteiger partial charge in [0.05, 0.1) is 11.4 Å². The molecule has 2 fully saturated rings. The Kier molecular flexibility index (Phi) is 21.4. The van der Waals surface area contributed by atoms with Crippen molar-refractivity contribution in [2.45, 2.75) is 70.4 Å². The van der Waals surface area contributed by atoms with Gasteiger partial charge < -0.3 is 26.2 Å². The average molecular weight is 638 g/mol. The zero-order valence-corrected chi connectivity index (χ0v) is 26.8. The molecule has 228 valence electrons. The van der Waals surface area contributed by atoms with Gasteiger partial charge >= 0.3 is 0 Å². The first-order valence-electron chi connectivity index (χ1n) is 14.2. The fourth-order valence-corrected chi connectivity index (χ4v) is 5.27. The summed E-state index contributed by atoms with van der Waals surface area (Å²) in [6.07, 6.45) is 11.0. The van der Waals surface area contributed by atoms with Crippen LogP contribution in [0, 0.1) is 0 Å². The molecule has 40 heavy (non-hydrogen) atoms. The van der Waals surface area contributed by atoms with Crippen LogP contribution in [0.2, 0.25) is 0 Å². The van der Waals surface area contributed by atoms with Gasteiger partial charge in [-0.25, -0.2) is 0 Å². The maximum atomic E-state index is 12.9. The van der Waals surface area contributed by atoms with E-state index in [0.29, 0.717) is 6.04 Å². The van der Waals surface area contributed by atoms with E-state index in [4.69, 9.17) is 0 Å². The van der Waals surface area contributed by atoms with E-state index in [1.54, 1.807) is 0 Å². The van der Waals surface area contributed by atoms with E-state index in [-0.39, 0.29) is 55.5 Å². The van der Waals surface area contributed by atoms with Gasteiger partial charge in [0.1, 0.15) is 0 Å². The molecule has 2 aliphatic rings. The van der Waals surface area contributed by atoms with Gasteiger partial charge in [0.2, 0.25) is 0 Å². The largest absolute Gasteiger partial charge is 0.381 e. The summed E-state index contributed by atoms with van der Waals surface area (Å²) >= 11 is 0. The number of benzene rings is 2. The van der Waals surface area contributed by atoms with Gasteiger partial charge in [0, 0.05) is 50.9 Å². The molecule has 1 heterocycles. The van der Waals surface area contributed by atoms with E-state index >= 15 is 0 Å². The molecule has 4 N–H and O–H groups in total. The van der Waals surface area contributed by atoms with Gasteiger partial charge in [0.25, 0.3) is 5.91 Å². The van der Waals surface area contributed by atoms with Crippen LogP contribution in [0.1, 0.15) is 73.7 Å². The highest BCUT2D eigenvalue weighted by molar-refractivity contribution is 5.96. The number of nitrogens with zero attached hydrogens (tertiary/aromatic N) is 1. The maximum Gasteiger partial charge on any atom is 0.251 e. The number of amides is 1. The van der Waals surface area contributed by atoms with Crippen LogP contribution >= 0.6 is 49.6 Å². The summed E-state index contributed by atoms with van der Waals surface area (Å²) in [6, 6.07) is 17.0. The highest BCUT2D eigenvalue weighted by Crippen LogP contribution is 2.28. The minimum absolute atomic E-state index is 0. The van der Waals surface area contributed by atoms with Gasteiger partial charge in [0.15, 0.2) is 0 Å². The second-order valence-corrected chi connectivity index (χ2v) is 10.3. The van der Waals surface area contributed by atoms with Crippen LogP contribution in [0.5, 0.6) is 0 Å². The van der Waals surface area contributed by atoms with Crippen molar-refractivity contribution in [3.05, 3.63) is 59.7 Å². The number of hydrogen-bond acceptors (Lipinski definition) is 5. The number of carbonyl (C=O) groups excluding carboxylic acids is 1. The highest BCUT2D eigenvalue weighted by Gasteiger charge is 2.16. The Morgan fingerprint density at radius 1 is 0.825 bits per heavy atom. The number of hydrogen-bond donors (Lipinski definition) is 4. The number of rotatable bonds is 13. The Morgan fingerprint density at radius 3 is 2.25 bits per heavy atom. The van der Waals surface area contributed by atoms with E-state index in [2.05, 4.69) is 56.5 Å². The number of halogens is 4. The molecule has 0 unspecified atom stereocenters. The molecule has 1 aliphatic carbocycles. The van der Waals surface area contributed by atoms with Crippen molar-refractivity contribution >= 4 is 66.9 Å². The van der Waals surface area contributed by atoms with Crippen LogP contribution in [-0.4, -0.2) is 56.1 Å². The first-order valence-corrected chi connectivity index (χ1v) is 14.2. The van der Waals surface area contributed by atoms with Crippen molar-refractivity contribution in [3.63, 3.8) is 0 Å². The first kappa shape index (κ1) is 38.6. The summed E-state index contributed by atoms with van der Waals surface area (Å²) in [5.74, 6) is 0.0165. The second kappa shape index (κ2) is 22.2. The van der Waals surface area contributed by atoms with Crippen LogP contribution in [0.25, 0.3) is 0 Å². The molecule has 1 aliphatic heterocycles. The second-order valence-electron chi connectivity index (χ2n) is 10.3. The van der Waals surface area contributed by atoms with Crippen molar-refractivity contribution < 1.29 is 4.79 Å². The summed E-state index contributed by atoms with van der Waals surface area (Å²) in [4.78, 5) is 15.4. The Balaban J connectivity index is 0.00000380. The lowest BCUT2D eigenvalue weighted by Crippen LogP contribution is -2.43. The molecular formula is C30H49Cl4N5O. The summed E-state index contributed by atoms with van der Waals surface area (Å²) in [5.41, 5.74) is 4.05. The lowest BCUT2D eigenvalue weighted by atomic mass is 9.95. The molecule has 2 aromatic carbocycles. The zero-order valence-electron chi connectivity index (χ0n) is 23.5. The van der Waals surface area contributed by atoms with Crippen LogP contribution in [0.15, 0.2) is 48.5 Å². The predicted molar refractivity (Wildman–Crippen MR) is 180 cm³/mol. The van der Waals surface area contributed by atoms with Gasteiger partial charge in [-0.3, -0.25) is 4.79 Å². The molecule has 1 saturated heterocycles. The molecule has 2 aromatic rings. The van der Waals surface area contributed by atoms with Crippen LogP contribution in [0.3, 0.4) is 0 Å². The molecule has 0 atom stereocenters. The molecule has 0 radical (unpaired) electrons. The van der Waals surface area contributed by atoms with E-state index in [1.807, 2.05) is 18.2 Å². The molecule has 1 amide bonds. The molecule has 0 aromatic heterocycles. The number of carbonyl (C=O) groups is 1. The average Bonchev–Trinajstić information content (AvgIpc) is 2.93. The number of anilines is 2. The summed E-state index contributed by atoms with van der Waals surface area (Å²) in [5, 5.41) is 13.9. The number of unbranched alkanes of at least 4 members (excludes halogenated alkanes) is 3. The SMILES string of the molecule is Cl.Cl.Cl.Cl.O=C(NCCCCCCN1CCNCC1)c1ccc(NC2CCCCC2)c(NCc2ccccc2)c1. The summed E-state index contributed by atoms with van der Waals surface area (Å²) in [6.45, 7) is 7.26. The fraction of sp³-hybridized carbons (Fsp3) is 0.567. The zero-order chi connectivity index (χ0) is 24.8. The van der Waals surface area contributed by atoms with E-state index in [9.17, 15) is 4.79 Å². The Morgan fingerprint density at radius 2 is 1.52 bits per heavy atom. The van der Waals surface area contributed by atoms with Crippen molar-refractivity contribution in [3.8, 4) is 0 Å². The monoisotopic (exact) mass is 635 g/mol. The van der Waals surface area contributed by atoms with Crippen molar-refractivity contribution in [2.75, 3.05) is 49.9 Å². The molecule has 10 heteroatoms. The maximum absolute atomic E-state index is 12.9. The Bertz CT molecular complexity index is 926. The lowest BCUT2D eigenvalue weighted by molar-refractivity contribution is 0.0953. The third kappa shape index (κ3) is 13.5. The summed E-state index contributed by atoms with van der Waals surface area (Å²) < 4.78 is 0. The first-order chi connectivity index (χ1) is 17.8. The van der Waals surface area contributed by atoms with E-state index in [1.165, 1.54) is 76.6 Å². The van der Waals surface area contributed by atoms with Crippen molar-refractivity contribution in [1.29, 1.82) is 0 Å². The van der Waals surface area contributed by atoms with Crippen molar-refractivity contribution in [2.24, 2.45) is 0 Å². The number of nitrogens with one attached hydrogen (secondary N) is 4. The number of piperazine rings is 1. The van der Waals surface area contributed by atoms with Crippen LogP contribution < -0.4 is 21.3 Å². The molecule has 6 nitrogen and oxygen atoms in total. The Hall–Kier alpha value is -1.41. The van der Waals surface area contributed by atoms with Gasteiger partial charge in [-0.2, -0.15) is 0 Å². The molecule has 1 saturated carbocycles. The van der Waals surface area contributed by atoms with Gasteiger partial charge in [-0.05, 0) is 56.0 Å². The van der Waals surface area contributed by atoms with Crippen molar-refractivity contribution in [1.82, 2.24) is 15.5 Å². The Labute approximate surface area is 266 Å². The standard InChI is InChI=1S/C30H45N5O.4ClH/c36-30(32-17-9-1-2-10-20-35-21-18-31-19-22-35)26-15-16-28(34-27-13-7-4-8-14-27)29(23-26)33-24-25-11-5-3-6-12-25;;;;/h3,5-6,11-12,15-16,23,27,31,33-34H,1-2,4,7-10,13-14,17-22,24H2,(H,32,36);4*1H. The van der Waals surface area contributed by atoms with E-state index < -0.39 is 0 Å². The lowest BCUT2D eigenvalue weighted by Gasteiger charge is -2.27. The smallest absolute Gasteiger partial charge is 0.251 e. The molecule has 0 spiro atoms. The van der Waals surface area contributed by atoms with Crippen LogP contribution in [0.4, 0.5) is 11.4 Å².